The first-order chi connectivity index (χ1) is 54.7. The maximum atomic E-state index is 13.1. The largest absolute Gasteiger partial charge is 0.472 e. The lowest BCUT2D eigenvalue weighted by atomic mass is 10.1. The zero-order valence-corrected chi connectivity index (χ0v) is 70.3. The van der Waals surface area contributed by atoms with Crippen LogP contribution in [-0.2, 0) is 65.4 Å². The van der Waals surface area contributed by atoms with Crippen LogP contribution in [0.25, 0.3) is 0 Å². The van der Waals surface area contributed by atoms with Gasteiger partial charge in [-0.25, -0.2) is 9.13 Å². The lowest BCUT2D eigenvalue weighted by Crippen LogP contribution is -2.30. The third kappa shape index (κ3) is 80.9. The molecule has 0 aromatic rings. The summed E-state index contributed by atoms with van der Waals surface area (Å²) in [5.41, 5.74) is 0. The summed E-state index contributed by atoms with van der Waals surface area (Å²) < 4.78 is 68.4. The summed E-state index contributed by atoms with van der Waals surface area (Å²) in [7, 11) is -10.1. The Morgan fingerprint density at radius 3 is 0.848 bits per heavy atom. The molecule has 17 nitrogen and oxygen atoms in total. The monoisotopic (exact) mass is 1590 g/mol. The quantitative estimate of drug-likeness (QED) is 0.0169. The number of hydrogen-bond acceptors (Lipinski definition) is 15. The van der Waals surface area contributed by atoms with Crippen molar-refractivity contribution < 1.29 is 80.2 Å². The van der Waals surface area contributed by atoms with Gasteiger partial charge in [0, 0.05) is 19.3 Å². The zero-order valence-electron chi connectivity index (χ0n) is 68.5. The number of aliphatic hydroxyl groups is 1. The Hall–Kier alpha value is -7.14. The summed E-state index contributed by atoms with van der Waals surface area (Å²) in [6, 6.07) is 0. The minimum Gasteiger partial charge on any atom is -0.462 e. The molecule has 0 amide bonds. The Kier molecular flexibility index (Phi) is 76.6. The molecular weight excluding hydrogens is 1450 g/mol. The average Bonchev–Trinajstić information content (AvgIpc) is 0.898. The highest BCUT2D eigenvalue weighted by Gasteiger charge is 2.30. The minimum atomic E-state index is -5.04. The number of unbranched alkanes of at least 4 members (excludes halogenated alkanes) is 9. The predicted octanol–water partition coefficient (Wildman–Crippen LogP) is 24.8. The molecule has 0 heterocycles. The van der Waals surface area contributed by atoms with Gasteiger partial charge in [0.25, 0.3) is 0 Å². The Labute approximate surface area is 676 Å². The molecule has 19 heteroatoms. The van der Waals surface area contributed by atoms with Gasteiger partial charge < -0.3 is 33.8 Å². The molecule has 0 saturated heterocycles. The lowest BCUT2D eigenvalue weighted by Gasteiger charge is -2.21. The van der Waals surface area contributed by atoms with E-state index >= 15 is 0 Å². The standard InChI is InChI=1S/C93H142O17P2/c1-5-9-13-17-21-25-29-33-37-40-43-46-50-53-57-61-65-69-73-77-90(95)103-83-88(109-92(97)79-75-71-67-63-59-55-49-36-32-28-24-20-16-12-8-4)85-107-111(99,100)105-81-87(94)82-106-112(101,102)108-86-89(110-93(98)80-76-72-68-64-60-56-52-48-45-42-39-35-31-27-23-19-15-11-7-3)84-104-91(96)78-74-70-66-62-58-54-51-47-44-41-38-34-30-26-22-18-14-10-6-2/h10-12,14-16,21-28,33-39,43-49,54,56,58-60,63,66,68,70-72,75,87-89,94H,5-9,13,17-20,29-32,40-42,50-53,55,57,61-62,64-65,67,69,73-74,76-86H2,1-4H3,(H,99,100)(H,101,102)/b14-10-,15-11-,16-12-,25-21-,26-22-,27-23-,28-24-,37-33-,38-34-,39-35-,46-43-,47-44-,48-45-,49-36-,58-54-,60-56-,63-59-,70-66-,72-68-,75-71-. The van der Waals surface area contributed by atoms with Gasteiger partial charge in [-0.2, -0.15) is 0 Å². The predicted molar refractivity (Wildman–Crippen MR) is 463 cm³/mol. The van der Waals surface area contributed by atoms with Crippen LogP contribution in [0.15, 0.2) is 243 Å². The van der Waals surface area contributed by atoms with Crippen LogP contribution in [0.5, 0.6) is 0 Å². The number of phosphoric ester groups is 2. The van der Waals surface area contributed by atoms with E-state index in [0.29, 0.717) is 38.5 Å². The molecule has 0 aliphatic carbocycles. The molecule has 0 bridgehead atoms. The molecule has 626 valence electrons. The lowest BCUT2D eigenvalue weighted by molar-refractivity contribution is -0.161. The Morgan fingerprint density at radius 2 is 0.518 bits per heavy atom. The molecule has 0 spiro atoms. The van der Waals surface area contributed by atoms with E-state index in [1.165, 1.54) is 19.3 Å². The van der Waals surface area contributed by atoms with Crippen LogP contribution in [0.4, 0.5) is 0 Å². The number of rotatable bonds is 74. The molecule has 5 atom stereocenters. The van der Waals surface area contributed by atoms with Crippen molar-refractivity contribution in [2.45, 2.75) is 277 Å². The fraction of sp³-hybridized carbons (Fsp3) is 0.527. The summed E-state index contributed by atoms with van der Waals surface area (Å²) in [4.78, 5) is 73.1. The molecule has 0 aliphatic heterocycles. The van der Waals surface area contributed by atoms with E-state index in [9.17, 15) is 43.2 Å². The molecule has 0 radical (unpaired) electrons. The van der Waals surface area contributed by atoms with Gasteiger partial charge in [-0.15, -0.1) is 0 Å². The number of phosphoric acid groups is 2. The summed E-state index contributed by atoms with van der Waals surface area (Å²) in [6.45, 7) is 4.15. The second kappa shape index (κ2) is 81.9. The van der Waals surface area contributed by atoms with Crippen LogP contribution in [0.1, 0.15) is 259 Å². The summed E-state index contributed by atoms with van der Waals surface area (Å²) in [6.07, 6.45) is 108. The summed E-state index contributed by atoms with van der Waals surface area (Å²) in [5, 5.41) is 10.7. The number of esters is 4. The van der Waals surface area contributed by atoms with Crippen molar-refractivity contribution >= 4 is 39.5 Å². The Bertz CT molecular complexity index is 3090. The molecule has 112 heavy (non-hydrogen) atoms. The van der Waals surface area contributed by atoms with Crippen LogP contribution < -0.4 is 0 Å². The molecule has 0 aromatic carbocycles. The van der Waals surface area contributed by atoms with E-state index in [-0.39, 0.29) is 25.7 Å². The van der Waals surface area contributed by atoms with Crippen molar-refractivity contribution in [2.24, 2.45) is 0 Å². The Morgan fingerprint density at radius 1 is 0.268 bits per heavy atom. The van der Waals surface area contributed by atoms with Gasteiger partial charge in [-0.3, -0.25) is 37.3 Å². The number of hydrogen-bond donors (Lipinski definition) is 3. The van der Waals surface area contributed by atoms with Crippen molar-refractivity contribution in [3.05, 3.63) is 243 Å². The summed E-state index contributed by atoms with van der Waals surface area (Å²) in [5.74, 6) is -2.57. The molecule has 0 aromatic heterocycles. The van der Waals surface area contributed by atoms with Gasteiger partial charge in [0.1, 0.15) is 19.3 Å². The average molecular weight is 1590 g/mol. The summed E-state index contributed by atoms with van der Waals surface area (Å²) >= 11 is 0. The number of carbonyl (C=O) groups excluding carboxylic acids is 4. The van der Waals surface area contributed by atoms with Gasteiger partial charge >= 0.3 is 39.5 Å². The molecule has 3 N–H and O–H groups in total. The maximum absolute atomic E-state index is 13.1. The Balaban J connectivity index is 5.62. The first kappa shape index (κ1) is 105. The van der Waals surface area contributed by atoms with E-state index in [1.807, 2.05) is 48.6 Å². The van der Waals surface area contributed by atoms with Crippen molar-refractivity contribution in [3.63, 3.8) is 0 Å². The normalized spacial score (nSPS) is 15.0. The number of aliphatic hydroxyl groups excluding tert-OH is 1. The molecule has 0 aliphatic rings. The third-order valence-electron chi connectivity index (χ3n) is 15.8. The van der Waals surface area contributed by atoms with Crippen LogP contribution >= 0.6 is 15.6 Å². The van der Waals surface area contributed by atoms with Crippen molar-refractivity contribution in [2.75, 3.05) is 39.6 Å². The van der Waals surface area contributed by atoms with Gasteiger partial charge in [0.15, 0.2) is 12.2 Å². The molecule has 5 unspecified atom stereocenters. The highest BCUT2D eigenvalue weighted by molar-refractivity contribution is 7.47. The van der Waals surface area contributed by atoms with Gasteiger partial charge in [0.2, 0.25) is 0 Å². The van der Waals surface area contributed by atoms with Crippen LogP contribution in [0.2, 0.25) is 0 Å². The smallest absolute Gasteiger partial charge is 0.462 e. The first-order valence-corrected chi connectivity index (χ1v) is 44.3. The van der Waals surface area contributed by atoms with E-state index in [2.05, 4.69) is 210 Å². The van der Waals surface area contributed by atoms with Crippen LogP contribution in [0.3, 0.4) is 0 Å². The highest BCUT2D eigenvalue weighted by atomic mass is 31.2. The molecular formula is C93H142O17P2. The van der Waals surface area contributed by atoms with Crippen molar-refractivity contribution in [1.29, 1.82) is 0 Å². The number of carbonyl (C=O) groups is 4. The number of allylic oxidation sites excluding steroid dienone is 39. The second-order valence-corrected chi connectivity index (χ2v) is 29.1. The van der Waals surface area contributed by atoms with Gasteiger partial charge in [-0.05, 0) is 167 Å². The topological polar surface area (TPSA) is 237 Å². The van der Waals surface area contributed by atoms with Gasteiger partial charge in [0.05, 0.1) is 32.8 Å². The molecule has 0 fully saturated rings. The van der Waals surface area contributed by atoms with Gasteiger partial charge in [-0.1, -0.05) is 309 Å². The van der Waals surface area contributed by atoms with E-state index < -0.39 is 97.5 Å². The SMILES string of the molecule is CC/C=C\C/C=C\C/C=C\C/C=C\C/C=C\C/C=C\CCC(=O)OCC(COP(=O)(O)OCC(O)COP(=O)(O)OCC(COC(=O)CCCCCCCC/C=C\C/C=C\C/C=C\CCCCC)OC(=O)C/C=C\C/C=C\C/C=C\C/C=C\C/C=C\CC)OC(=O)CC/C=C\C/C=C\C/C=C\C/C=C\C/C=C\C/C=C\CC. The zero-order chi connectivity index (χ0) is 81.7. The van der Waals surface area contributed by atoms with Crippen LogP contribution in [-0.4, -0.2) is 96.7 Å². The fourth-order valence-corrected chi connectivity index (χ4v) is 11.3. The third-order valence-corrected chi connectivity index (χ3v) is 17.8. The maximum Gasteiger partial charge on any atom is 0.472 e. The first-order valence-electron chi connectivity index (χ1n) is 41.3. The fourth-order valence-electron chi connectivity index (χ4n) is 9.71. The highest BCUT2D eigenvalue weighted by Crippen LogP contribution is 2.45. The van der Waals surface area contributed by atoms with E-state index in [1.54, 1.807) is 12.2 Å². The van der Waals surface area contributed by atoms with Crippen molar-refractivity contribution in [1.82, 2.24) is 0 Å². The molecule has 0 saturated carbocycles. The van der Waals surface area contributed by atoms with E-state index in [4.69, 9.17) is 37.0 Å². The van der Waals surface area contributed by atoms with Crippen molar-refractivity contribution in [3.8, 4) is 0 Å². The minimum absolute atomic E-state index is 0.00637. The van der Waals surface area contributed by atoms with E-state index in [0.717, 1.165) is 148 Å². The molecule has 0 rings (SSSR count). The number of ether oxygens (including phenoxy) is 4. The second-order valence-electron chi connectivity index (χ2n) is 26.2. The van der Waals surface area contributed by atoms with Crippen LogP contribution in [0, 0.1) is 0 Å².